The summed E-state index contributed by atoms with van der Waals surface area (Å²) in [4.78, 5) is 4.41. The van der Waals surface area contributed by atoms with Crippen molar-refractivity contribution in [1.29, 1.82) is 0 Å². The fraction of sp³-hybridized carbons (Fsp3) is 0.182. The number of thiazole rings is 1. The molecule has 2 aromatic rings. The zero-order chi connectivity index (χ0) is 10.1. The van der Waals surface area contributed by atoms with E-state index in [9.17, 15) is 0 Å². The van der Waals surface area contributed by atoms with Gasteiger partial charge in [0.1, 0.15) is 5.01 Å². The van der Waals surface area contributed by atoms with Crippen LogP contribution in [0.5, 0.6) is 0 Å². The predicted octanol–water partition coefficient (Wildman–Crippen LogP) is 3.01. The minimum Gasteiger partial charge on any atom is -0.398 e. The Balaban J connectivity index is 2.52. The van der Waals surface area contributed by atoms with E-state index >= 15 is 0 Å². The van der Waals surface area contributed by atoms with Crippen molar-refractivity contribution in [3.8, 4) is 10.6 Å². The summed E-state index contributed by atoms with van der Waals surface area (Å²) in [5.41, 5.74) is 10.00. The molecule has 1 heterocycles. The molecule has 0 spiro atoms. The number of hydrogen-bond donors (Lipinski definition) is 1. The van der Waals surface area contributed by atoms with E-state index in [0.717, 1.165) is 22.0 Å². The third-order valence-corrected chi connectivity index (χ3v) is 3.05. The molecule has 0 bridgehead atoms. The molecule has 0 aliphatic carbocycles. The highest BCUT2D eigenvalue weighted by Crippen LogP contribution is 2.29. The first-order valence-corrected chi connectivity index (χ1v) is 5.33. The Morgan fingerprint density at radius 3 is 2.64 bits per heavy atom. The SMILES string of the molecule is Cc1ccc(-c2nc(C)cs2)c(N)c1. The van der Waals surface area contributed by atoms with Crippen LogP contribution in [0.3, 0.4) is 0 Å². The molecule has 1 aromatic carbocycles. The average molecular weight is 204 g/mol. The number of aromatic nitrogens is 1. The molecule has 0 radical (unpaired) electrons. The lowest BCUT2D eigenvalue weighted by Gasteiger charge is -2.02. The van der Waals surface area contributed by atoms with Crippen molar-refractivity contribution >= 4 is 17.0 Å². The number of benzene rings is 1. The second-order valence-corrected chi connectivity index (χ2v) is 4.24. The molecule has 0 fully saturated rings. The highest BCUT2D eigenvalue weighted by molar-refractivity contribution is 7.13. The van der Waals surface area contributed by atoms with E-state index < -0.39 is 0 Å². The Labute approximate surface area is 87.4 Å². The molecular weight excluding hydrogens is 192 g/mol. The quantitative estimate of drug-likeness (QED) is 0.725. The smallest absolute Gasteiger partial charge is 0.125 e. The van der Waals surface area contributed by atoms with Gasteiger partial charge in [-0.2, -0.15) is 0 Å². The molecule has 0 aliphatic heterocycles. The summed E-state index contributed by atoms with van der Waals surface area (Å²) < 4.78 is 0. The van der Waals surface area contributed by atoms with E-state index in [1.54, 1.807) is 11.3 Å². The number of nitrogens with two attached hydrogens (primary N) is 1. The van der Waals surface area contributed by atoms with Gasteiger partial charge in [-0.15, -0.1) is 11.3 Å². The Morgan fingerprint density at radius 2 is 2.07 bits per heavy atom. The van der Waals surface area contributed by atoms with Crippen LogP contribution in [0.1, 0.15) is 11.3 Å². The summed E-state index contributed by atoms with van der Waals surface area (Å²) >= 11 is 1.63. The third-order valence-electron chi connectivity index (χ3n) is 2.06. The molecular formula is C11H12N2S. The lowest BCUT2D eigenvalue weighted by atomic mass is 10.1. The highest BCUT2D eigenvalue weighted by atomic mass is 32.1. The van der Waals surface area contributed by atoms with Crippen molar-refractivity contribution in [2.75, 3.05) is 5.73 Å². The van der Waals surface area contributed by atoms with Crippen molar-refractivity contribution in [3.05, 3.63) is 34.8 Å². The molecule has 0 unspecified atom stereocenters. The van der Waals surface area contributed by atoms with Gasteiger partial charge in [-0.1, -0.05) is 6.07 Å². The van der Waals surface area contributed by atoms with Crippen molar-refractivity contribution < 1.29 is 0 Å². The normalized spacial score (nSPS) is 10.4. The molecule has 2 nitrogen and oxygen atoms in total. The number of rotatable bonds is 1. The molecule has 2 rings (SSSR count). The van der Waals surface area contributed by atoms with Gasteiger partial charge in [-0.05, 0) is 31.5 Å². The van der Waals surface area contributed by atoms with Gasteiger partial charge in [-0.3, -0.25) is 0 Å². The van der Waals surface area contributed by atoms with Gasteiger partial charge in [0.25, 0.3) is 0 Å². The minimum atomic E-state index is 0.805. The summed E-state index contributed by atoms with van der Waals surface area (Å²) in [7, 11) is 0. The van der Waals surface area contributed by atoms with E-state index in [1.807, 2.05) is 31.4 Å². The number of anilines is 1. The van der Waals surface area contributed by atoms with Gasteiger partial charge < -0.3 is 5.73 Å². The summed E-state index contributed by atoms with van der Waals surface area (Å²) in [5.74, 6) is 0. The second kappa shape index (κ2) is 3.42. The van der Waals surface area contributed by atoms with Gasteiger partial charge in [0.2, 0.25) is 0 Å². The maximum atomic E-state index is 5.93. The largest absolute Gasteiger partial charge is 0.398 e. The van der Waals surface area contributed by atoms with E-state index in [4.69, 9.17) is 5.73 Å². The molecule has 14 heavy (non-hydrogen) atoms. The maximum Gasteiger partial charge on any atom is 0.125 e. The lowest BCUT2D eigenvalue weighted by molar-refractivity contribution is 1.27. The van der Waals surface area contributed by atoms with Gasteiger partial charge >= 0.3 is 0 Å². The number of nitrogen functional groups attached to an aromatic ring is 1. The molecule has 0 saturated heterocycles. The van der Waals surface area contributed by atoms with Crippen molar-refractivity contribution in [1.82, 2.24) is 4.98 Å². The van der Waals surface area contributed by atoms with Crippen LogP contribution in [0.4, 0.5) is 5.69 Å². The van der Waals surface area contributed by atoms with Gasteiger partial charge in [0, 0.05) is 22.3 Å². The fourth-order valence-corrected chi connectivity index (χ4v) is 2.20. The Kier molecular flexibility index (Phi) is 2.25. The molecule has 0 atom stereocenters. The van der Waals surface area contributed by atoms with Gasteiger partial charge in [0.15, 0.2) is 0 Å². The standard InChI is InChI=1S/C11H12N2S/c1-7-3-4-9(10(12)5-7)11-13-8(2)6-14-11/h3-6H,12H2,1-2H3. The minimum absolute atomic E-state index is 0.805. The highest BCUT2D eigenvalue weighted by Gasteiger charge is 2.05. The van der Waals surface area contributed by atoms with E-state index in [1.165, 1.54) is 5.56 Å². The van der Waals surface area contributed by atoms with Gasteiger partial charge in [-0.25, -0.2) is 4.98 Å². The summed E-state index contributed by atoms with van der Waals surface area (Å²) in [6.45, 7) is 4.03. The first-order chi connectivity index (χ1) is 6.66. The Morgan fingerprint density at radius 1 is 1.29 bits per heavy atom. The van der Waals surface area contributed by atoms with Gasteiger partial charge in [0.05, 0.1) is 0 Å². The molecule has 3 heteroatoms. The first kappa shape index (κ1) is 9.21. The third kappa shape index (κ3) is 1.63. The van der Waals surface area contributed by atoms with Crippen LogP contribution in [0.25, 0.3) is 10.6 Å². The van der Waals surface area contributed by atoms with Crippen LogP contribution >= 0.6 is 11.3 Å². The maximum absolute atomic E-state index is 5.93. The van der Waals surface area contributed by atoms with Crippen molar-refractivity contribution in [2.45, 2.75) is 13.8 Å². The first-order valence-electron chi connectivity index (χ1n) is 4.45. The lowest BCUT2D eigenvalue weighted by Crippen LogP contribution is -1.90. The van der Waals surface area contributed by atoms with Crippen LogP contribution in [-0.4, -0.2) is 4.98 Å². The predicted molar refractivity (Wildman–Crippen MR) is 61.4 cm³/mol. The van der Waals surface area contributed by atoms with Crippen LogP contribution in [0.15, 0.2) is 23.6 Å². The monoisotopic (exact) mass is 204 g/mol. The Hall–Kier alpha value is -1.35. The Bertz CT molecular complexity index is 460. The van der Waals surface area contributed by atoms with Crippen LogP contribution in [0, 0.1) is 13.8 Å². The molecule has 2 N–H and O–H groups in total. The van der Waals surface area contributed by atoms with E-state index in [-0.39, 0.29) is 0 Å². The number of nitrogens with zero attached hydrogens (tertiary/aromatic N) is 1. The summed E-state index contributed by atoms with van der Waals surface area (Å²) in [5, 5.41) is 3.04. The summed E-state index contributed by atoms with van der Waals surface area (Å²) in [6.07, 6.45) is 0. The fourth-order valence-electron chi connectivity index (χ4n) is 1.35. The molecule has 72 valence electrons. The van der Waals surface area contributed by atoms with Crippen LogP contribution < -0.4 is 5.73 Å². The molecule has 0 amide bonds. The molecule has 1 aromatic heterocycles. The zero-order valence-corrected chi connectivity index (χ0v) is 9.06. The van der Waals surface area contributed by atoms with Crippen LogP contribution in [-0.2, 0) is 0 Å². The second-order valence-electron chi connectivity index (χ2n) is 3.38. The molecule has 0 saturated carbocycles. The average Bonchev–Trinajstić information content (AvgIpc) is 2.51. The number of aryl methyl sites for hydroxylation is 2. The molecule has 0 aliphatic rings. The van der Waals surface area contributed by atoms with E-state index in [2.05, 4.69) is 11.1 Å². The topological polar surface area (TPSA) is 38.9 Å². The van der Waals surface area contributed by atoms with Crippen molar-refractivity contribution in [2.24, 2.45) is 0 Å². The number of hydrogen-bond acceptors (Lipinski definition) is 3. The van der Waals surface area contributed by atoms with E-state index in [0.29, 0.717) is 0 Å². The zero-order valence-electron chi connectivity index (χ0n) is 8.24. The summed E-state index contributed by atoms with van der Waals surface area (Å²) in [6, 6.07) is 6.07. The van der Waals surface area contributed by atoms with Crippen molar-refractivity contribution in [3.63, 3.8) is 0 Å². The van der Waals surface area contributed by atoms with Crippen LogP contribution in [0.2, 0.25) is 0 Å².